The van der Waals surface area contributed by atoms with Gasteiger partial charge in [-0.2, -0.15) is 0 Å². The first-order valence-corrected chi connectivity index (χ1v) is 10.4. The number of carbonyl (C=O) groups is 1. The molecule has 1 aromatic heterocycles. The third-order valence-electron chi connectivity index (χ3n) is 7.34. The first kappa shape index (κ1) is 17.4. The number of carbonyl (C=O) groups excluding carboxylic acids is 1. The van der Waals surface area contributed by atoms with Crippen LogP contribution >= 0.6 is 0 Å². The van der Waals surface area contributed by atoms with Gasteiger partial charge in [0.1, 0.15) is 11.4 Å². The van der Waals surface area contributed by atoms with Crippen molar-refractivity contribution in [1.82, 2.24) is 25.7 Å². The molecule has 1 amide bonds. The molecular weight excluding hydrogens is 342 g/mol. The van der Waals surface area contributed by atoms with Gasteiger partial charge in [0.25, 0.3) is 11.5 Å². The van der Waals surface area contributed by atoms with Crippen molar-refractivity contribution in [3.05, 3.63) is 27.9 Å². The van der Waals surface area contributed by atoms with E-state index >= 15 is 0 Å². The van der Waals surface area contributed by atoms with Gasteiger partial charge in [0.2, 0.25) is 0 Å². The molecule has 5 aliphatic rings. The van der Waals surface area contributed by atoms with Gasteiger partial charge in [-0.3, -0.25) is 20.4 Å². The van der Waals surface area contributed by atoms with Crippen LogP contribution in [0.25, 0.3) is 0 Å². The second-order valence-electron chi connectivity index (χ2n) is 9.41. The van der Waals surface area contributed by atoms with Crippen LogP contribution in [0.5, 0.6) is 0 Å². The first-order valence-electron chi connectivity index (χ1n) is 10.4. The largest absolute Gasteiger partial charge is 0.340 e. The number of amides is 1. The van der Waals surface area contributed by atoms with Crippen molar-refractivity contribution in [3.8, 4) is 0 Å². The lowest BCUT2D eigenvalue weighted by molar-refractivity contribution is -0.00954. The lowest BCUT2D eigenvalue weighted by Crippen LogP contribution is -2.50. The highest BCUT2D eigenvalue weighted by Gasteiger charge is 2.53. The van der Waals surface area contributed by atoms with Crippen LogP contribution in [0.3, 0.4) is 0 Å². The Morgan fingerprint density at radius 2 is 1.89 bits per heavy atom. The maximum Gasteiger partial charge on any atom is 0.263 e. The van der Waals surface area contributed by atoms with E-state index in [0.29, 0.717) is 6.54 Å². The number of nitrogens with one attached hydrogen (secondary N) is 3. The Kier molecular flexibility index (Phi) is 4.13. The standard InChI is InChI=1S/C20H29N5O2/c1-25(11-15-2-3-22-24-15)18(27)16-10-21-19(23-17(16)26)20-7-12-4-13(8-20)6-14(5-12)9-20/h10,12-15,22,24H,2-9,11H2,1H3,(H,21,23,26). The summed E-state index contributed by atoms with van der Waals surface area (Å²) in [6, 6.07) is 0.220. The molecule has 1 saturated heterocycles. The van der Waals surface area contributed by atoms with Gasteiger partial charge in [0.05, 0.1) is 0 Å². The summed E-state index contributed by atoms with van der Waals surface area (Å²) in [4.78, 5) is 34.7. The number of hydrazine groups is 1. The average Bonchev–Trinajstić information content (AvgIpc) is 3.13. The van der Waals surface area contributed by atoms with E-state index in [0.717, 1.165) is 55.8 Å². The van der Waals surface area contributed by atoms with Gasteiger partial charge < -0.3 is 9.88 Å². The minimum Gasteiger partial charge on any atom is -0.340 e. The maximum atomic E-state index is 12.7. The normalized spacial score (nSPS) is 36.9. The second kappa shape index (κ2) is 6.41. The molecule has 27 heavy (non-hydrogen) atoms. The van der Waals surface area contributed by atoms with E-state index in [4.69, 9.17) is 0 Å². The Labute approximate surface area is 159 Å². The van der Waals surface area contributed by atoms with Crippen LogP contribution in [0, 0.1) is 17.8 Å². The molecule has 4 saturated carbocycles. The molecule has 1 aliphatic heterocycles. The zero-order chi connectivity index (χ0) is 18.6. The number of likely N-dealkylation sites (N-methyl/N-ethyl adjacent to an activating group) is 1. The fraction of sp³-hybridized carbons (Fsp3) is 0.750. The minimum atomic E-state index is -0.287. The molecule has 3 N–H and O–H groups in total. The zero-order valence-electron chi connectivity index (χ0n) is 16.0. The number of aromatic amines is 1. The molecule has 2 heterocycles. The zero-order valence-corrected chi connectivity index (χ0v) is 16.0. The van der Waals surface area contributed by atoms with Gasteiger partial charge in [-0.25, -0.2) is 4.98 Å². The molecule has 0 radical (unpaired) electrons. The molecule has 6 rings (SSSR count). The highest BCUT2D eigenvalue weighted by atomic mass is 16.2. The number of aromatic nitrogens is 2. The molecule has 0 spiro atoms. The summed E-state index contributed by atoms with van der Waals surface area (Å²) in [6.45, 7) is 1.47. The van der Waals surface area contributed by atoms with Crippen LogP contribution < -0.4 is 16.4 Å². The number of hydrogen-bond donors (Lipinski definition) is 3. The third kappa shape index (κ3) is 3.01. The van der Waals surface area contributed by atoms with E-state index in [1.165, 1.54) is 25.5 Å². The summed E-state index contributed by atoms with van der Waals surface area (Å²) < 4.78 is 0. The van der Waals surface area contributed by atoms with Crippen molar-refractivity contribution in [2.45, 2.75) is 56.4 Å². The molecular formula is C20H29N5O2. The van der Waals surface area contributed by atoms with Crippen LogP contribution in [0.4, 0.5) is 0 Å². The third-order valence-corrected chi connectivity index (χ3v) is 7.34. The number of nitrogens with zero attached hydrogens (tertiary/aromatic N) is 2. The molecule has 1 unspecified atom stereocenters. The van der Waals surface area contributed by atoms with E-state index in [1.807, 2.05) is 0 Å². The quantitative estimate of drug-likeness (QED) is 0.739. The van der Waals surface area contributed by atoms with Gasteiger partial charge in [-0.15, -0.1) is 0 Å². The van der Waals surface area contributed by atoms with Crippen LogP contribution in [0.2, 0.25) is 0 Å². The van der Waals surface area contributed by atoms with Crippen LogP contribution in [-0.4, -0.2) is 47.0 Å². The Morgan fingerprint density at radius 3 is 2.44 bits per heavy atom. The van der Waals surface area contributed by atoms with Crippen molar-refractivity contribution in [2.24, 2.45) is 17.8 Å². The van der Waals surface area contributed by atoms with Gasteiger partial charge in [-0.05, 0) is 62.7 Å². The van der Waals surface area contributed by atoms with Gasteiger partial charge in [0, 0.05) is 37.8 Å². The monoisotopic (exact) mass is 371 g/mol. The molecule has 5 fully saturated rings. The fourth-order valence-corrected chi connectivity index (χ4v) is 6.51. The number of hydrogen-bond acceptors (Lipinski definition) is 5. The Hall–Kier alpha value is -1.73. The average molecular weight is 371 g/mol. The SMILES string of the molecule is CN(CC1CCNN1)C(=O)c1cnc(C23CC4CC(CC(C4)C2)C3)[nH]c1=O. The molecule has 4 aliphatic carbocycles. The Balaban J connectivity index is 1.36. The number of rotatable bonds is 4. The van der Waals surface area contributed by atoms with Crippen molar-refractivity contribution in [3.63, 3.8) is 0 Å². The second-order valence-corrected chi connectivity index (χ2v) is 9.41. The minimum absolute atomic E-state index is 0.0425. The molecule has 0 aromatic carbocycles. The van der Waals surface area contributed by atoms with Gasteiger partial charge >= 0.3 is 0 Å². The molecule has 1 aromatic rings. The van der Waals surface area contributed by atoms with Crippen LogP contribution in [0.15, 0.2) is 11.0 Å². The van der Waals surface area contributed by atoms with E-state index in [9.17, 15) is 9.59 Å². The van der Waals surface area contributed by atoms with Gasteiger partial charge in [-0.1, -0.05) is 0 Å². The lowest BCUT2D eigenvalue weighted by Gasteiger charge is -2.56. The molecule has 7 heteroatoms. The Bertz CT molecular complexity index is 763. The molecule has 4 bridgehead atoms. The lowest BCUT2D eigenvalue weighted by atomic mass is 9.49. The van der Waals surface area contributed by atoms with E-state index in [1.54, 1.807) is 11.9 Å². The van der Waals surface area contributed by atoms with Crippen molar-refractivity contribution in [2.75, 3.05) is 20.1 Å². The van der Waals surface area contributed by atoms with Gasteiger partial charge in [0.15, 0.2) is 0 Å². The summed E-state index contributed by atoms with van der Waals surface area (Å²) in [6.07, 6.45) is 10.0. The summed E-state index contributed by atoms with van der Waals surface area (Å²) in [5.41, 5.74) is 6.12. The van der Waals surface area contributed by atoms with E-state index < -0.39 is 0 Å². The highest BCUT2D eigenvalue weighted by molar-refractivity contribution is 5.93. The number of H-pyrrole nitrogens is 1. The van der Waals surface area contributed by atoms with E-state index in [2.05, 4.69) is 20.8 Å². The highest BCUT2D eigenvalue weighted by Crippen LogP contribution is 2.59. The maximum absolute atomic E-state index is 12.7. The summed E-state index contributed by atoms with van der Waals surface area (Å²) in [5.74, 6) is 2.95. The fourth-order valence-electron chi connectivity index (χ4n) is 6.51. The molecule has 146 valence electrons. The Morgan fingerprint density at radius 1 is 1.22 bits per heavy atom. The summed E-state index contributed by atoms with van der Waals surface area (Å²) in [7, 11) is 1.74. The summed E-state index contributed by atoms with van der Waals surface area (Å²) >= 11 is 0. The van der Waals surface area contributed by atoms with Crippen molar-refractivity contribution < 1.29 is 4.79 Å². The predicted octanol–water partition coefficient (Wildman–Crippen LogP) is 1.18. The molecule has 7 nitrogen and oxygen atoms in total. The van der Waals surface area contributed by atoms with Crippen LogP contribution in [0.1, 0.15) is 61.1 Å². The topological polar surface area (TPSA) is 90.1 Å². The predicted molar refractivity (Wildman–Crippen MR) is 101 cm³/mol. The van der Waals surface area contributed by atoms with Crippen molar-refractivity contribution >= 4 is 5.91 Å². The molecule has 1 atom stereocenters. The first-order chi connectivity index (χ1) is 13.0. The summed E-state index contributed by atoms with van der Waals surface area (Å²) in [5, 5.41) is 0. The smallest absolute Gasteiger partial charge is 0.263 e. The van der Waals surface area contributed by atoms with E-state index in [-0.39, 0.29) is 28.5 Å². The van der Waals surface area contributed by atoms with Crippen molar-refractivity contribution in [1.29, 1.82) is 0 Å². The van der Waals surface area contributed by atoms with Crippen LogP contribution in [-0.2, 0) is 5.41 Å².